The minimum absolute atomic E-state index is 0.0382. The first-order valence-electron chi connectivity index (χ1n) is 6.25. The van der Waals surface area contributed by atoms with Crippen LogP contribution in [0.4, 0.5) is 10.5 Å². The van der Waals surface area contributed by atoms with Crippen molar-refractivity contribution >= 4 is 29.3 Å². The van der Waals surface area contributed by atoms with E-state index >= 15 is 0 Å². The van der Waals surface area contributed by atoms with Crippen LogP contribution in [-0.2, 0) is 4.74 Å². The Morgan fingerprint density at radius 2 is 2.00 bits per heavy atom. The molecule has 0 aliphatic carbocycles. The summed E-state index contributed by atoms with van der Waals surface area (Å²) in [7, 11) is 0. The molecule has 0 saturated carbocycles. The molecule has 0 bridgehead atoms. The summed E-state index contributed by atoms with van der Waals surface area (Å²) in [5, 5.41) is 14.5. The average Bonchev–Trinajstić information content (AvgIpc) is 2.39. The molecule has 2 amide bonds. The van der Waals surface area contributed by atoms with Gasteiger partial charge in [0.2, 0.25) is 0 Å². The van der Waals surface area contributed by atoms with Crippen molar-refractivity contribution in [1.29, 1.82) is 0 Å². The summed E-state index contributed by atoms with van der Waals surface area (Å²) in [5.74, 6) is -1.18. The highest BCUT2D eigenvalue weighted by atomic mass is 35.5. The van der Waals surface area contributed by atoms with E-state index in [-0.39, 0.29) is 22.3 Å². The fraction of sp³-hybridized carbons (Fsp3) is 0.385. The molecule has 1 fully saturated rings. The molecule has 108 valence electrons. The minimum Gasteiger partial charge on any atom is -0.478 e. The Balaban J connectivity index is 2.04. The molecule has 0 radical (unpaired) electrons. The van der Waals surface area contributed by atoms with Crippen LogP contribution in [0, 0.1) is 0 Å². The molecule has 0 unspecified atom stereocenters. The zero-order valence-electron chi connectivity index (χ0n) is 10.7. The highest BCUT2D eigenvalue weighted by molar-refractivity contribution is 6.34. The van der Waals surface area contributed by atoms with Gasteiger partial charge in [-0.1, -0.05) is 17.7 Å². The van der Waals surface area contributed by atoms with Gasteiger partial charge in [-0.25, -0.2) is 9.59 Å². The Labute approximate surface area is 121 Å². The van der Waals surface area contributed by atoms with Crippen LogP contribution in [0.15, 0.2) is 18.2 Å². The van der Waals surface area contributed by atoms with E-state index in [4.69, 9.17) is 21.4 Å². The molecule has 1 heterocycles. The lowest BCUT2D eigenvalue weighted by Crippen LogP contribution is -2.41. The number of carboxylic acids is 1. The van der Waals surface area contributed by atoms with Crippen LogP contribution in [0.25, 0.3) is 0 Å². The summed E-state index contributed by atoms with van der Waals surface area (Å²) in [6.07, 6.45) is 1.49. The monoisotopic (exact) mass is 298 g/mol. The van der Waals surface area contributed by atoms with Gasteiger partial charge in [-0.05, 0) is 25.0 Å². The van der Waals surface area contributed by atoms with Crippen LogP contribution in [0.2, 0.25) is 5.02 Å². The molecule has 1 saturated heterocycles. The van der Waals surface area contributed by atoms with Gasteiger partial charge < -0.3 is 20.5 Å². The van der Waals surface area contributed by atoms with E-state index in [2.05, 4.69) is 10.6 Å². The zero-order valence-corrected chi connectivity index (χ0v) is 11.4. The first-order valence-corrected chi connectivity index (χ1v) is 6.63. The van der Waals surface area contributed by atoms with Crippen LogP contribution in [0.1, 0.15) is 23.2 Å². The standard InChI is InChI=1S/C13H15ClN2O4/c14-9-2-1-3-10(11(9)12(17)18)16-13(19)15-8-4-6-20-7-5-8/h1-3,8H,4-7H2,(H,17,18)(H2,15,16,19). The number of ether oxygens (including phenoxy) is 1. The molecular weight excluding hydrogens is 284 g/mol. The van der Waals surface area contributed by atoms with E-state index in [0.717, 1.165) is 12.8 Å². The Morgan fingerprint density at radius 1 is 1.30 bits per heavy atom. The predicted molar refractivity (Wildman–Crippen MR) is 74.4 cm³/mol. The van der Waals surface area contributed by atoms with Gasteiger partial charge in [0.25, 0.3) is 0 Å². The number of carboxylic acid groups (broad SMARTS) is 1. The van der Waals surface area contributed by atoms with E-state index in [0.29, 0.717) is 13.2 Å². The smallest absolute Gasteiger partial charge is 0.339 e. The van der Waals surface area contributed by atoms with Crippen LogP contribution >= 0.6 is 11.6 Å². The van der Waals surface area contributed by atoms with Crippen molar-refractivity contribution in [3.63, 3.8) is 0 Å². The molecule has 20 heavy (non-hydrogen) atoms. The van der Waals surface area contributed by atoms with Gasteiger partial charge in [-0.3, -0.25) is 0 Å². The fourth-order valence-electron chi connectivity index (χ4n) is 2.03. The molecule has 1 aliphatic heterocycles. The molecule has 1 aromatic carbocycles. The lowest BCUT2D eigenvalue weighted by atomic mass is 10.1. The van der Waals surface area contributed by atoms with Gasteiger partial charge in [-0.15, -0.1) is 0 Å². The first kappa shape index (κ1) is 14.6. The molecule has 2 rings (SSSR count). The largest absolute Gasteiger partial charge is 0.478 e. The Morgan fingerprint density at radius 3 is 2.65 bits per heavy atom. The predicted octanol–water partition coefficient (Wildman–Crippen LogP) is 2.34. The van der Waals surface area contributed by atoms with Crippen LogP contribution in [-0.4, -0.2) is 36.4 Å². The maximum absolute atomic E-state index is 11.9. The summed E-state index contributed by atoms with van der Waals surface area (Å²) < 4.78 is 5.20. The summed E-state index contributed by atoms with van der Waals surface area (Å²) in [5.41, 5.74) is 0.0610. The molecular formula is C13H15ClN2O4. The lowest BCUT2D eigenvalue weighted by Gasteiger charge is -2.23. The second-order valence-electron chi connectivity index (χ2n) is 4.45. The number of benzene rings is 1. The minimum atomic E-state index is -1.18. The molecule has 3 N–H and O–H groups in total. The normalized spacial score (nSPS) is 15.7. The highest BCUT2D eigenvalue weighted by Gasteiger charge is 2.19. The van der Waals surface area contributed by atoms with Gasteiger partial charge in [0.1, 0.15) is 5.56 Å². The maximum atomic E-state index is 11.9. The topological polar surface area (TPSA) is 87.7 Å². The van der Waals surface area contributed by atoms with Crippen molar-refractivity contribution < 1.29 is 19.4 Å². The summed E-state index contributed by atoms with van der Waals surface area (Å²) in [6.45, 7) is 1.23. The summed E-state index contributed by atoms with van der Waals surface area (Å²) in [6, 6.07) is 4.14. The number of carbonyl (C=O) groups excluding carboxylic acids is 1. The number of amides is 2. The number of nitrogens with one attached hydrogen (secondary N) is 2. The van der Waals surface area contributed by atoms with Crippen molar-refractivity contribution in [3.8, 4) is 0 Å². The average molecular weight is 299 g/mol. The SMILES string of the molecule is O=C(Nc1cccc(Cl)c1C(=O)O)NC1CCOCC1. The Bertz CT molecular complexity index is 515. The van der Waals surface area contributed by atoms with Gasteiger partial charge in [0.05, 0.1) is 10.7 Å². The third-order valence-electron chi connectivity index (χ3n) is 3.03. The number of urea groups is 1. The van der Waals surface area contributed by atoms with Crippen LogP contribution in [0.5, 0.6) is 0 Å². The van der Waals surface area contributed by atoms with Crippen molar-refractivity contribution in [3.05, 3.63) is 28.8 Å². The third kappa shape index (κ3) is 3.61. The number of rotatable bonds is 3. The first-order chi connectivity index (χ1) is 9.58. The lowest BCUT2D eigenvalue weighted by molar-refractivity contribution is 0.0698. The number of anilines is 1. The van der Waals surface area contributed by atoms with E-state index < -0.39 is 12.0 Å². The van der Waals surface area contributed by atoms with Gasteiger partial charge in [0, 0.05) is 19.3 Å². The fourth-order valence-corrected chi connectivity index (χ4v) is 2.29. The Hall–Kier alpha value is -1.79. The van der Waals surface area contributed by atoms with Crippen molar-refractivity contribution in [2.24, 2.45) is 0 Å². The highest BCUT2D eigenvalue weighted by Crippen LogP contribution is 2.24. The molecule has 0 aromatic heterocycles. The summed E-state index contributed by atoms with van der Waals surface area (Å²) in [4.78, 5) is 23.0. The molecule has 0 atom stereocenters. The van der Waals surface area contributed by atoms with Crippen LogP contribution in [0.3, 0.4) is 0 Å². The Kier molecular flexibility index (Phi) is 4.81. The number of carbonyl (C=O) groups is 2. The quantitative estimate of drug-likeness (QED) is 0.799. The number of aromatic carboxylic acids is 1. The molecule has 1 aliphatic rings. The van der Waals surface area contributed by atoms with E-state index in [9.17, 15) is 9.59 Å². The van der Waals surface area contributed by atoms with Crippen LogP contribution < -0.4 is 10.6 Å². The maximum Gasteiger partial charge on any atom is 0.339 e. The van der Waals surface area contributed by atoms with Crippen molar-refractivity contribution in [1.82, 2.24) is 5.32 Å². The van der Waals surface area contributed by atoms with E-state index in [1.54, 1.807) is 6.07 Å². The van der Waals surface area contributed by atoms with Gasteiger partial charge in [0.15, 0.2) is 0 Å². The van der Waals surface area contributed by atoms with Crippen molar-refractivity contribution in [2.45, 2.75) is 18.9 Å². The third-order valence-corrected chi connectivity index (χ3v) is 3.35. The van der Waals surface area contributed by atoms with E-state index in [1.807, 2.05) is 0 Å². The van der Waals surface area contributed by atoms with E-state index in [1.165, 1.54) is 12.1 Å². The summed E-state index contributed by atoms with van der Waals surface area (Å²) >= 11 is 5.83. The number of halogens is 1. The number of hydrogen-bond donors (Lipinski definition) is 3. The van der Waals surface area contributed by atoms with Gasteiger partial charge in [-0.2, -0.15) is 0 Å². The molecule has 6 nitrogen and oxygen atoms in total. The second kappa shape index (κ2) is 6.58. The van der Waals surface area contributed by atoms with Gasteiger partial charge >= 0.3 is 12.0 Å². The molecule has 7 heteroatoms. The molecule has 1 aromatic rings. The second-order valence-corrected chi connectivity index (χ2v) is 4.86. The molecule has 0 spiro atoms. The zero-order chi connectivity index (χ0) is 14.5. The number of hydrogen-bond acceptors (Lipinski definition) is 3. The van der Waals surface area contributed by atoms with Crippen molar-refractivity contribution in [2.75, 3.05) is 18.5 Å².